The molecule has 32 heavy (non-hydrogen) atoms. The highest BCUT2D eigenvalue weighted by Gasteiger charge is 2.23. The van der Waals surface area contributed by atoms with E-state index in [0.717, 1.165) is 28.3 Å². The van der Waals surface area contributed by atoms with E-state index < -0.39 is 0 Å². The van der Waals surface area contributed by atoms with Crippen molar-refractivity contribution in [2.75, 3.05) is 16.9 Å². The summed E-state index contributed by atoms with van der Waals surface area (Å²) in [5, 5.41) is 3.35. The Bertz CT molecular complexity index is 1260. The molecule has 0 radical (unpaired) electrons. The monoisotopic (exact) mass is 428 g/mol. The lowest BCUT2D eigenvalue weighted by Gasteiger charge is -2.18. The Labute approximate surface area is 186 Å². The normalized spacial score (nSPS) is 12.8. The van der Waals surface area contributed by atoms with Crippen molar-refractivity contribution >= 4 is 11.5 Å². The summed E-state index contributed by atoms with van der Waals surface area (Å²) in [7, 11) is 1.97. The van der Waals surface area contributed by atoms with Crippen molar-refractivity contribution in [3.8, 4) is 22.6 Å². The predicted molar refractivity (Wildman–Crippen MR) is 125 cm³/mol. The van der Waals surface area contributed by atoms with Crippen LogP contribution in [0.25, 0.3) is 22.6 Å². The van der Waals surface area contributed by atoms with Gasteiger partial charge in [-0.25, -0.2) is 19.3 Å². The summed E-state index contributed by atoms with van der Waals surface area (Å²) < 4.78 is 16.4. The fourth-order valence-corrected chi connectivity index (χ4v) is 4.14. The van der Waals surface area contributed by atoms with Crippen LogP contribution in [-0.2, 0) is 13.6 Å². The molecule has 0 unspecified atom stereocenters. The molecule has 0 saturated carbocycles. The van der Waals surface area contributed by atoms with E-state index in [1.165, 1.54) is 11.6 Å². The first-order chi connectivity index (χ1) is 15.5. The van der Waals surface area contributed by atoms with Gasteiger partial charge in [-0.15, -0.1) is 0 Å². The molecule has 0 atom stereocenters. The number of nitrogens with zero attached hydrogens (tertiary/aromatic N) is 5. The quantitative estimate of drug-likeness (QED) is 0.474. The van der Waals surface area contributed by atoms with Crippen LogP contribution in [0.1, 0.15) is 30.9 Å². The van der Waals surface area contributed by atoms with Gasteiger partial charge in [0.15, 0.2) is 11.6 Å². The minimum absolute atomic E-state index is 0.0369. The van der Waals surface area contributed by atoms with E-state index in [2.05, 4.69) is 44.5 Å². The van der Waals surface area contributed by atoms with Gasteiger partial charge in [0.05, 0.1) is 30.6 Å². The summed E-state index contributed by atoms with van der Waals surface area (Å²) in [4.78, 5) is 15.9. The fourth-order valence-electron chi connectivity index (χ4n) is 4.14. The molecule has 1 N–H and O–H groups in total. The van der Waals surface area contributed by atoms with Gasteiger partial charge in [0.25, 0.3) is 0 Å². The number of hydrogen-bond acceptors (Lipinski definition) is 5. The summed E-state index contributed by atoms with van der Waals surface area (Å²) >= 11 is 0. The molecule has 7 heteroatoms. The van der Waals surface area contributed by atoms with Gasteiger partial charge in [0, 0.05) is 36.5 Å². The van der Waals surface area contributed by atoms with Crippen LogP contribution in [0, 0.1) is 5.82 Å². The van der Waals surface area contributed by atoms with E-state index in [0.29, 0.717) is 24.6 Å². The number of rotatable bonds is 5. The molecule has 2 aromatic heterocycles. The van der Waals surface area contributed by atoms with Crippen molar-refractivity contribution in [3.63, 3.8) is 0 Å². The molecule has 1 aliphatic rings. The zero-order valence-corrected chi connectivity index (χ0v) is 18.4. The molecule has 0 fully saturated rings. The number of hydrogen-bond donors (Lipinski definition) is 1. The number of fused-ring (bicyclic) bond motifs is 1. The lowest BCUT2D eigenvalue weighted by atomic mass is 9.96. The lowest BCUT2D eigenvalue weighted by Crippen LogP contribution is -2.22. The second-order valence-electron chi connectivity index (χ2n) is 8.44. The Hall–Kier alpha value is -3.74. The molecular weight excluding hydrogens is 403 g/mol. The van der Waals surface area contributed by atoms with Crippen LogP contribution >= 0.6 is 0 Å². The number of halogens is 1. The maximum Gasteiger partial charge on any atom is 0.162 e. The highest BCUT2D eigenvalue weighted by atomic mass is 19.1. The van der Waals surface area contributed by atoms with Gasteiger partial charge in [-0.2, -0.15) is 0 Å². The average molecular weight is 429 g/mol. The molecule has 0 aliphatic carbocycles. The van der Waals surface area contributed by atoms with Gasteiger partial charge >= 0.3 is 0 Å². The molecule has 0 saturated heterocycles. The SMILES string of the molecule is CC(C)c1c(F)cccc1-c1ncc2c(n1)N(Cc1ccc(-c3cn(C)cn3)cc1)CN2. The molecule has 6 nitrogen and oxygen atoms in total. The second-order valence-corrected chi connectivity index (χ2v) is 8.44. The average Bonchev–Trinajstić information content (AvgIpc) is 3.40. The van der Waals surface area contributed by atoms with E-state index in [1.807, 2.05) is 37.7 Å². The molecule has 1 aliphatic heterocycles. The molecular formula is C25H25FN6. The molecule has 4 aromatic rings. The Morgan fingerprint density at radius 1 is 1.09 bits per heavy atom. The molecule has 5 rings (SSSR count). The standard InChI is InChI=1S/C25H25FN6/c1-16(2)23-19(5-4-6-20(23)26)24-27-11-21-25(30-24)32(15-29-21)12-17-7-9-18(10-8-17)22-13-31(3)14-28-22/h4-11,13-14,16,29H,12,15H2,1-3H3. The van der Waals surface area contributed by atoms with Crippen LogP contribution in [-0.4, -0.2) is 26.2 Å². The third kappa shape index (κ3) is 3.70. The Balaban J connectivity index is 1.42. The van der Waals surface area contributed by atoms with Crippen molar-refractivity contribution in [2.24, 2.45) is 7.05 Å². The van der Waals surface area contributed by atoms with Crippen LogP contribution in [0.5, 0.6) is 0 Å². The van der Waals surface area contributed by atoms with Crippen LogP contribution < -0.4 is 10.2 Å². The molecule has 0 amide bonds. The number of benzene rings is 2. The van der Waals surface area contributed by atoms with E-state index >= 15 is 0 Å². The van der Waals surface area contributed by atoms with E-state index in [9.17, 15) is 4.39 Å². The van der Waals surface area contributed by atoms with Crippen LogP contribution in [0.15, 0.2) is 61.2 Å². The molecule has 0 bridgehead atoms. The topological polar surface area (TPSA) is 58.9 Å². The Morgan fingerprint density at radius 2 is 1.91 bits per heavy atom. The fraction of sp³-hybridized carbons (Fsp3) is 0.240. The van der Waals surface area contributed by atoms with Crippen molar-refractivity contribution in [2.45, 2.75) is 26.3 Å². The summed E-state index contributed by atoms with van der Waals surface area (Å²) in [5.41, 5.74) is 5.51. The summed E-state index contributed by atoms with van der Waals surface area (Å²) in [6, 6.07) is 13.5. The first-order valence-electron chi connectivity index (χ1n) is 10.7. The third-order valence-corrected chi connectivity index (χ3v) is 5.73. The number of anilines is 2. The largest absolute Gasteiger partial charge is 0.363 e. The van der Waals surface area contributed by atoms with Gasteiger partial charge in [0.1, 0.15) is 5.82 Å². The highest BCUT2D eigenvalue weighted by Crippen LogP contribution is 2.35. The molecule has 2 aromatic carbocycles. The smallest absolute Gasteiger partial charge is 0.162 e. The molecule has 0 spiro atoms. The van der Waals surface area contributed by atoms with Gasteiger partial charge in [-0.05, 0) is 17.5 Å². The highest BCUT2D eigenvalue weighted by molar-refractivity contribution is 5.73. The van der Waals surface area contributed by atoms with E-state index in [-0.39, 0.29) is 11.7 Å². The van der Waals surface area contributed by atoms with Crippen LogP contribution in [0.2, 0.25) is 0 Å². The number of imidazole rings is 1. The minimum atomic E-state index is -0.218. The van der Waals surface area contributed by atoms with Crippen molar-refractivity contribution in [1.82, 2.24) is 19.5 Å². The number of aryl methyl sites for hydroxylation is 1. The van der Waals surface area contributed by atoms with Gasteiger partial charge in [0.2, 0.25) is 0 Å². The van der Waals surface area contributed by atoms with Crippen molar-refractivity contribution in [1.29, 1.82) is 0 Å². The summed E-state index contributed by atoms with van der Waals surface area (Å²) in [6.07, 6.45) is 5.60. The van der Waals surface area contributed by atoms with Crippen LogP contribution in [0.4, 0.5) is 15.9 Å². The zero-order chi connectivity index (χ0) is 22.2. The molecule has 3 heterocycles. The third-order valence-electron chi connectivity index (χ3n) is 5.73. The maximum atomic E-state index is 14.5. The summed E-state index contributed by atoms with van der Waals surface area (Å²) in [5.74, 6) is 1.20. The zero-order valence-electron chi connectivity index (χ0n) is 18.4. The van der Waals surface area contributed by atoms with E-state index in [4.69, 9.17) is 4.98 Å². The maximum absolute atomic E-state index is 14.5. The molecule has 162 valence electrons. The minimum Gasteiger partial charge on any atom is -0.363 e. The van der Waals surface area contributed by atoms with E-state index in [1.54, 1.807) is 18.6 Å². The number of nitrogens with one attached hydrogen (secondary N) is 1. The predicted octanol–water partition coefficient (Wildman–Crippen LogP) is 5.20. The van der Waals surface area contributed by atoms with Crippen molar-refractivity contribution in [3.05, 3.63) is 78.1 Å². The first-order valence-corrected chi connectivity index (χ1v) is 10.7. The van der Waals surface area contributed by atoms with Crippen LogP contribution in [0.3, 0.4) is 0 Å². The van der Waals surface area contributed by atoms with Gasteiger partial charge < -0.3 is 14.8 Å². The van der Waals surface area contributed by atoms with Crippen molar-refractivity contribution < 1.29 is 4.39 Å². The lowest BCUT2D eigenvalue weighted by molar-refractivity contribution is 0.599. The van der Waals surface area contributed by atoms with Gasteiger partial charge in [-0.3, -0.25) is 0 Å². The Morgan fingerprint density at radius 3 is 2.62 bits per heavy atom. The first kappa shape index (κ1) is 20.2. The second kappa shape index (κ2) is 8.07. The number of aromatic nitrogens is 4. The summed E-state index contributed by atoms with van der Waals surface area (Å²) in [6.45, 7) is 5.32. The Kier molecular flexibility index (Phi) is 5.09. The van der Waals surface area contributed by atoms with Gasteiger partial charge in [-0.1, -0.05) is 50.2 Å².